The summed E-state index contributed by atoms with van der Waals surface area (Å²) in [5.41, 5.74) is 8.85. The van der Waals surface area contributed by atoms with E-state index in [9.17, 15) is 0 Å². The quantitative estimate of drug-likeness (QED) is 0.662. The van der Waals surface area contributed by atoms with E-state index in [1.165, 1.54) is 0 Å². The molecular formula is C16H13BrN2OS. The van der Waals surface area contributed by atoms with Crippen molar-refractivity contribution in [2.75, 3.05) is 12.0 Å². The van der Waals surface area contributed by atoms with Gasteiger partial charge in [-0.05, 0) is 36.1 Å². The molecule has 1 aromatic heterocycles. The standard InChI is InChI=1S/C16H13BrN2OS/c1-21-13-5-3-2-4-12(13)15-14(16(18)19-20-15)10-6-8-11(17)9-7-10/h2-9H,1H3,(H2,18,19). The van der Waals surface area contributed by atoms with Crippen LogP contribution in [0, 0.1) is 0 Å². The highest BCUT2D eigenvalue weighted by Crippen LogP contribution is 2.40. The van der Waals surface area contributed by atoms with Crippen LogP contribution in [0.5, 0.6) is 0 Å². The number of nitrogens with two attached hydrogens (primary N) is 1. The molecule has 0 amide bonds. The number of thioether (sulfide) groups is 1. The highest BCUT2D eigenvalue weighted by atomic mass is 79.9. The van der Waals surface area contributed by atoms with Crippen molar-refractivity contribution in [2.24, 2.45) is 0 Å². The Morgan fingerprint density at radius 1 is 1.10 bits per heavy atom. The molecule has 0 fully saturated rings. The maximum absolute atomic E-state index is 6.02. The number of anilines is 1. The van der Waals surface area contributed by atoms with E-state index in [4.69, 9.17) is 10.3 Å². The van der Waals surface area contributed by atoms with Crippen molar-refractivity contribution in [3.8, 4) is 22.5 Å². The third-order valence-electron chi connectivity index (χ3n) is 3.20. The number of nitrogen functional groups attached to an aromatic ring is 1. The Hall–Kier alpha value is -1.72. The van der Waals surface area contributed by atoms with Crippen LogP contribution >= 0.6 is 27.7 Å². The van der Waals surface area contributed by atoms with Crippen LogP contribution in [-0.4, -0.2) is 11.4 Å². The van der Waals surface area contributed by atoms with E-state index in [0.29, 0.717) is 11.6 Å². The van der Waals surface area contributed by atoms with E-state index in [1.54, 1.807) is 11.8 Å². The summed E-state index contributed by atoms with van der Waals surface area (Å²) in [7, 11) is 0. The molecule has 106 valence electrons. The van der Waals surface area contributed by atoms with Gasteiger partial charge in [0.05, 0.1) is 5.56 Å². The van der Waals surface area contributed by atoms with Gasteiger partial charge in [0.2, 0.25) is 0 Å². The van der Waals surface area contributed by atoms with Crippen LogP contribution in [0.1, 0.15) is 0 Å². The summed E-state index contributed by atoms with van der Waals surface area (Å²) in [6, 6.07) is 16.0. The Balaban J connectivity index is 2.19. The lowest BCUT2D eigenvalue weighted by molar-refractivity contribution is 0.435. The second kappa shape index (κ2) is 5.95. The first-order valence-corrected chi connectivity index (χ1v) is 8.37. The number of nitrogens with zero attached hydrogens (tertiary/aromatic N) is 1. The van der Waals surface area contributed by atoms with Crippen LogP contribution < -0.4 is 5.73 Å². The highest BCUT2D eigenvalue weighted by molar-refractivity contribution is 9.10. The van der Waals surface area contributed by atoms with Gasteiger partial charge in [-0.15, -0.1) is 11.8 Å². The van der Waals surface area contributed by atoms with Crippen molar-refractivity contribution < 1.29 is 4.52 Å². The SMILES string of the molecule is CSc1ccccc1-c1onc(N)c1-c1ccc(Br)cc1. The normalized spacial score (nSPS) is 10.8. The van der Waals surface area contributed by atoms with Gasteiger partial charge in [-0.25, -0.2) is 0 Å². The molecule has 0 radical (unpaired) electrons. The average Bonchev–Trinajstić information content (AvgIpc) is 2.90. The summed E-state index contributed by atoms with van der Waals surface area (Å²) < 4.78 is 6.53. The Morgan fingerprint density at radius 2 is 1.81 bits per heavy atom. The van der Waals surface area contributed by atoms with Gasteiger partial charge in [0.25, 0.3) is 0 Å². The van der Waals surface area contributed by atoms with Crippen molar-refractivity contribution in [3.63, 3.8) is 0 Å². The van der Waals surface area contributed by atoms with Crippen molar-refractivity contribution in [3.05, 3.63) is 53.0 Å². The Kier molecular flexibility index (Phi) is 4.03. The lowest BCUT2D eigenvalue weighted by atomic mass is 10.0. The first-order valence-electron chi connectivity index (χ1n) is 6.35. The fraction of sp³-hybridized carbons (Fsp3) is 0.0625. The van der Waals surface area contributed by atoms with Gasteiger partial charge in [-0.3, -0.25) is 0 Å². The third kappa shape index (κ3) is 2.71. The fourth-order valence-electron chi connectivity index (χ4n) is 2.21. The molecule has 0 aliphatic carbocycles. The maximum Gasteiger partial charge on any atom is 0.178 e. The van der Waals surface area contributed by atoms with Crippen LogP contribution in [-0.2, 0) is 0 Å². The molecule has 0 saturated heterocycles. The van der Waals surface area contributed by atoms with Crippen molar-refractivity contribution in [1.82, 2.24) is 5.16 Å². The summed E-state index contributed by atoms with van der Waals surface area (Å²) in [6.45, 7) is 0. The zero-order chi connectivity index (χ0) is 14.8. The Bertz CT molecular complexity index is 768. The van der Waals surface area contributed by atoms with Crippen LogP contribution in [0.3, 0.4) is 0 Å². The zero-order valence-electron chi connectivity index (χ0n) is 11.3. The predicted octanol–water partition coefficient (Wildman–Crippen LogP) is 5.08. The van der Waals surface area contributed by atoms with Crippen molar-refractivity contribution in [2.45, 2.75) is 4.90 Å². The minimum atomic E-state index is 0.406. The predicted molar refractivity (Wildman–Crippen MR) is 91.3 cm³/mol. The second-order valence-corrected chi connectivity index (χ2v) is 6.24. The van der Waals surface area contributed by atoms with Crippen molar-refractivity contribution in [1.29, 1.82) is 0 Å². The van der Waals surface area contributed by atoms with E-state index >= 15 is 0 Å². The van der Waals surface area contributed by atoms with Gasteiger partial charge in [-0.2, -0.15) is 0 Å². The van der Waals surface area contributed by atoms with E-state index in [1.807, 2.05) is 48.7 Å². The molecule has 0 spiro atoms. The van der Waals surface area contributed by atoms with Gasteiger partial charge in [0, 0.05) is 14.9 Å². The molecule has 2 aromatic carbocycles. The van der Waals surface area contributed by atoms with Gasteiger partial charge in [0.1, 0.15) is 0 Å². The second-order valence-electron chi connectivity index (χ2n) is 4.48. The van der Waals surface area contributed by atoms with Gasteiger partial charge in [0.15, 0.2) is 11.6 Å². The minimum absolute atomic E-state index is 0.406. The molecule has 1 heterocycles. The number of halogens is 1. The first-order chi connectivity index (χ1) is 10.2. The highest BCUT2D eigenvalue weighted by Gasteiger charge is 2.19. The van der Waals surface area contributed by atoms with Crippen LogP contribution in [0.4, 0.5) is 5.82 Å². The average molecular weight is 361 g/mol. The lowest BCUT2D eigenvalue weighted by Gasteiger charge is -2.06. The third-order valence-corrected chi connectivity index (χ3v) is 4.53. The van der Waals surface area contributed by atoms with Gasteiger partial charge < -0.3 is 10.3 Å². The lowest BCUT2D eigenvalue weighted by Crippen LogP contribution is -1.89. The molecule has 3 nitrogen and oxygen atoms in total. The van der Waals surface area contributed by atoms with E-state index in [-0.39, 0.29) is 0 Å². The van der Waals surface area contributed by atoms with E-state index in [0.717, 1.165) is 26.1 Å². The van der Waals surface area contributed by atoms with Gasteiger partial charge in [-0.1, -0.05) is 45.4 Å². The van der Waals surface area contributed by atoms with Crippen molar-refractivity contribution >= 4 is 33.5 Å². The number of hydrogen-bond donors (Lipinski definition) is 1. The van der Waals surface area contributed by atoms with Crippen LogP contribution in [0.25, 0.3) is 22.5 Å². The summed E-state index contributed by atoms with van der Waals surface area (Å²) in [5.74, 6) is 1.11. The first kappa shape index (κ1) is 14.2. The molecule has 0 aliphatic rings. The number of rotatable bonds is 3. The topological polar surface area (TPSA) is 52.0 Å². The summed E-state index contributed by atoms with van der Waals surface area (Å²) >= 11 is 5.11. The summed E-state index contributed by atoms with van der Waals surface area (Å²) in [4.78, 5) is 1.13. The molecule has 0 bridgehead atoms. The van der Waals surface area contributed by atoms with Gasteiger partial charge >= 0.3 is 0 Å². The zero-order valence-corrected chi connectivity index (χ0v) is 13.7. The largest absolute Gasteiger partial charge is 0.380 e. The summed E-state index contributed by atoms with van der Waals surface area (Å²) in [6.07, 6.45) is 2.04. The molecule has 2 N–H and O–H groups in total. The molecule has 5 heteroatoms. The molecule has 0 aliphatic heterocycles. The fourth-order valence-corrected chi connectivity index (χ4v) is 3.07. The van der Waals surface area contributed by atoms with E-state index in [2.05, 4.69) is 27.2 Å². The molecule has 3 rings (SSSR count). The van der Waals surface area contributed by atoms with E-state index < -0.39 is 0 Å². The number of benzene rings is 2. The number of hydrogen-bond acceptors (Lipinski definition) is 4. The summed E-state index contributed by atoms with van der Waals surface area (Å²) in [5, 5.41) is 3.95. The van der Waals surface area contributed by atoms with Crippen LogP contribution in [0.2, 0.25) is 0 Å². The maximum atomic E-state index is 6.02. The molecular weight excluding hydrogens is 348 g/mol. The molecule has 0 saturated carbocycles. The molecule has 0 atom stereocenters. The Labute approximate surface area is 135 Å². The molecule has 3 aromatic rings. The minimum Gasteiger partial charge on any atom is -0.380 e. The van der Waals surface area contributed by atoms with Crippen LogP contribution in [0.15, 0.2) is 62.4 Å². The Morgan fingerprint density at radius 3 is 2.52 bits per heavy atom. The molecule has 21 heavy (non-hydrogen) atoms. The monoisotopic (exact) mass is 360 g/mol. The smallest absolute Gasteiger partial charge is 0.178 e. The molecule has 0 unspecified atom stereocenters. The number of aromatic nitrogens is 1.